The normalized spacial score (nSPS) is 10.5. The molecule has 0 saturated carbocycles. The molecule has 0 unspecified atom stereocenters. The molecule has 72 valence electrons. The van der Waals surface area contributed by atoms with Gasteiger partial charge in [-0.3, -0.25) is 0 Å². The average Bonchev–Trinajstić information content (AvgIpc) is 1.99. The van der Waals surface area contributed by atoms with E-state index in [1.54, 1.807) is 0 Å². The Balaban J connectivity index is 2.66. The second-order valence-corrected chi connectivity index (χ2v) is 2.90. The first-order valence-corrected chi connectivity index (χ1v) is 4.08. The Bertz CT molecular complexity index is 277. The first kappa shape index (κ1) is 10.1. The van der Waals surface area contributed by atoms with E-state index in [1.165, 1.54) is 6.07 Å². The number of hydrogen-bond acceptors (Lipinski definition) is 4. The number of rotatable bonds is 3. The van der Waals surface area contributed by atoms with E-state index in [9.17, 15) is 8.78 Å². The fourth-order valence-corrected chi connectivity index (χ4v) is 1.01. The summed E-state index contributed by atoms with van der Waals surface area (Å²) in [6, 6.07) is 1.36. The molecule has 0 atom stereocenters. The van der Waals surface area contributed by atoms with Crippen LogP contribution in [-0.2, 0) is 0 Å². The lowest BCUT2D eigenvalue weighted by atomic mass is 10.6. The van der Waals surface area contributed by atoms with Crippen molar-refractivity contribution in [1.29, 1.82) is 0 Å². The van der Waals surface area contributed by atoms with Gasteiger partial charge in [-0.05, 0) is 15.9 Å². The number of nitrogens with zero attached hydrogens (tertiary/aromatic N) is 2. The van der Waals surface area contributed by atoms with Crippen molar-refractivity contribution in [2.24, 2.45) is 0 Å². The van der Waals surface area contributed by atoms with Gasteiger partial charge in [-0.2, -0.15) is 4.98 Å². The summed E-state index contributed by atoms with van der Waals surface area (Å²) in [5, 5.41) is 0. The van der Waals surface area contributed by atoms with Gasteiger partial charge in [0.15, 0.2) is 6.61 Å². The van der Waals surface area contributed by atoms with Crippen LogP contribution in [0.2, 0.25) is 0 Å². The molecule has 0 aliphatic heterocycles. The molecule has 2 N–H and O–H groups in total. The van der Waals surface area contributed by atoms with Crippen molar-refractivity contribution >= 4 is 21.9 Å². The van der Waals surface area contributed by atoms with Gasteiger partial charge in [0.1, 0.15) is 4.60 Å². The zero-order valence-electron chi connectivity index (χ0n) is 6.38. The monoisotopic (exact) mass is 253 g/mol. The lowest BCUT2D eigenvalue weighted by Crippen LogP contribution is -2.09. The highest BCUT2D eigenvalue weighted by Gasteiger charge is 2.06. The molecule has 1 aromatic rings. The maximum Gasteiger partial charge on any atom is 0.272 e. The minimum atomic E-state index is -2.53. The number of ether oxygens (including phenoxy) is 1. The lowest BCUT2D eigenvalue weighted by Gasteiger charge is -2.04. The lowest BCUT2D eigenvalue weighted by molar-refractivity contribution is 0.0795. The number of nitrogens with two attached hydrogens (primary N) is 1. The molecule has 0 saturated heterocycles. The highest BCUT2D eigenvalue weighted by Crippen LogP contribution is 2.15. The molecule has 4 nitrogen and oxygen atoms in total. The van der Waals surface area contributed by atoms with Crippen LogP contribution in [0.3, 0.4) is 0 Å². The Morgan fingerprint density at radius 1 is 1.54 bits per heavy atom. The van der Waals surface area contributed by atoms with Crippen molar-refractivity contribution in [3.8, 4) is 5.88 Å². The zero-order valence-corrected chi connectivity index (χ0v) is 7.96. The highest BCUT2D eigenvalue weighted by molar-refractivity contribution is 9.10. The molecular weight excluding hydrogens is 248 g/mol. The molecule has 0 fully saturated rings. The van der Waals surface area contributed by atoms with Crippen molar-refractivity contribution in [3.63, 3.8) is 0 Å². The smallest absolute Gasteiger partial charge is 0.272 e. The predicted octanol–water partition coefficient (Wildman–Crippen LogP) is 1.47. The quantitative estimate of drug-likeness (QED) is 0.829. The molecular formula is C6H6BrF2N3O. The highest BCUT2D eigenvalue weighted by atomic mass is 79.9. The second-order valence-electron chi connectivity index (χ2n) is 2.09. The minimum absolute atomic E-state index is 0.0275. The van der Waals surface area contributed by atoms with E-state index in [2.05, 4.69) is 30.6 Å². The Morgan fingerprint density at radius 2 is 2.23 bits per heavy atom. The van der Waals surface area contributed by atoms with Crippen LogP contribution in [0.25, 0.3) is 0 Å². The summed E-state index contributed by atoms with van der Waals surface area (Å²) in [6.45, 7) is -0.705. The molecule has 7 heteroatoms. The fourth-order valence-electron chi connectivity index (χ4n) is 0.636. The Labute approximate surface area is 81.3 Å². The number of anilines is 1. The fraction of sp³-hybridized carbons (Fsp3) is 0.333. The molecule has 13 heavy (non-hydrogen) atoms. The molecule has 1 rings (SSSR count). The van der Waals surface area contributed by atoms with E-state index in [4.69, 9.17) is 5.73 Å². The van der Waals surface area contributed by atoms with Gasteiger partial charge in [-0.25, -0.2) is 13.8 Å². The van der Waals surface area contributed by atoms with E-state index in [0.717, 1.165) is 0 Å². The third-order valence-electron chi connectivity index (χ3n) is 1.05. The van der Waals surface area contributed by atoms with Gasteiger partial charge in [0.05, 0.1) is 0 Å². The van der Waals surface area contributed by atoms with E-state index < -0.39 is 13.0 Å². The first-order chi connectivity index (χ1) is 6.08. The second kappa shape index (κ2) is 4.31. The van der Waals surface area contributed by atoms with Gasteiger partial charge < -0.3 is 10.5 Å². The van der Waals surface area contributed by atoms with E-state index in [0.29, 0.717) is 4.60 Å². The van der Waals surface area contributed by atoms with Gasteiger partial charge in [-0.1, -0.05) is 0 Å². The largest absolute Gasteiger partial charge is 0.471 e. The van der Waals surface area contributed by atoms with Crippen LogP contribution in [-0.4, -0.2) is 23.0 Å². The summed E-state index contributed by atoms with van der Waals surface area (Å²) < 4.78 is 28.4. The van der Waals surface area contributed by atoms with E-state index in [-0.39, 0.29) is 11.8 Å². The summed E-state index contributed by atoms with van der Waals surface area (Å²) in [6.07, 6.45) is -2.53. The molecule has 1 heterocycles. The molecule has 0 aliphatic carbocycles. The summed E-state index contributed by atoms with van der Waals surface area (Å²) in [5.41, 5.74) is 5.25. The van der Waals surface area contributed by atoms with Gasteiger partial charge in [0.25, 0.3) is 6.43 Å². The standard InChI is InChI=1S/C6H6BrF2N3O/c7-3-1-5(12-6(10)11-3)13-2-4(8)9/h1,4H,2H2,(H2,10,11,12). The van der Waals surface area contributed by atoms with Gasteiger partial charge in [0, 0.05) is 6.07 Å². The summed E-state index contributed by atoms with van der Waals surface area (Å²) in [7, 11) is 0. The minimum Gasteiger partial charge on any atom is -0.471 e. The van der Waals surface area contributed by atoms with Crippen LogP contribution in [0.1, 0.15) is 0 Å². The summed E-state index contributed by atoms with van der Waals surface area (Å²) in [5.74, 6) is -0.00156. The molecule has 0 spiro atoms. The summed E-state index contributed by atoms with van der Waals surface area (Å²) >= 11 is 3.02. The number of nitrogen functional groups attached to an aromatic ring is 1. The van der Waals surface area contributed by atoms with Crippen LogP contribution in [0.5, 0.6) is 5.88 Å². The molecule has 0 radical (unpaired) electrons. The summed E-state index contributed by atoms with van der Waals surface area (Å²) in [4.78, 5) is 7.26. The molecule has 1 aromatic heterocycles. The number of alkyl halides is 2. The third kappa shape index (κ3) is 3.49. The first-order valence-electron chi connectivity index (χ1n) is 3.29. The Hall–Kier alpha value is -0.980. The molecule has 0 amide bonds. The SMILES string of the molecule is Nc1nc(Br)cc(OCC(F)F)n1. The molecule has 0 aliphatic rings. The van der Waals surface area contributed by atoms with Gasteiger partial charge >= 0.3 is 0 Å². The van der Waals surface area contributed by atoms with Crippen molar-refractivity contribution in [3.05, 3.63) is 10.7 Å². The van der Waals surface area contributed by atoms with Crippen LogP contribution in [0.15, 0.2) is 10.7 Å². The number of aromatic nitrogens is 2. The topological polar surface area (TPSA) is 61.0 Å². The zero-order chi connectivity index (χ0) is 9.84. The predicted molar refractivity (Wildman–Crippen MR) is 45.6 cm³/mol. The van der Waals surface area contributed by atoms with E-state index >= 15 is 0 Å². The van der Waals surface area contributed by atoms with Gasteiger partial charge in [0.2, 0.25) is 11.8 Å². The van der Waals surface area contributed by atoms with Crippen molar-refractivity contribution in [2.45, 2.75) is 6.43 Å². The van der Waals surface area contributed by atoms with Crippen LogP contribution in [0, 0.1) is 0 Å². The van der Waals surface area contributed by atoms with Crippen molar-refractivity contribution < 1.29 is 13.5 Å². The van der Waals surface area contributed by atoms with Gasteiger partial charge in [-0.15, -0.1) is 0 Å². The Morgan fingerprint density at radius 3 is 2.77 bits per heavy atom. The maximum atomic E-state index is 11.7. The van der Waals surface area contributed by atoms with E-state index in [1.807, 2.05) is 0 Å². The number of hydrogen-bond donors (Lipinski definition) is 1. The van der Waals surface area contributed by atoms with Crippen molar-refractivity contribution in [1.82, 2.24) is 9.97 Å². The van der Waals surface area contributed by atoms with Crippen LogP contribution < -0.4 is 10.5 Å². The maximum absolute atomic E-state index is 11.7. The van der Waals surface area contributed by atoms with Crippen molar-refractivity contribution in [2.75, 3.05) is 12.3 Å². The van der Waals surface area contributed by atoms with Crippen LogP contribution >= 0.6 is 15.9 Å². The number of halogens is 3. The molecule has 0 aromatic carbocycles. The molecule has 0 bridgehead atoms. The Kier molecular flexibility index (Phi) is 3.35. The third-order valence-corrected chi connectivity index (χ3v) is 1.45. The average molecular weight is 254 g/mol. The van der Waals surface area contributed by atoms with Crippen LogP contribution in [0.4, 0.5) is 14.7 Å².